The molecule has 0 spiro atoms. The minimum atomic E-state index is -0.238. The highest BCUT2D eigenvalue weighted by Gasteiger charge is 2.12. The predicted octanol–water partition coefficient (Wildman–Crippen LogP) is 5.00. The Morgan fingerprint density at radius 3 is 2.81 bits per heavy atom. The summed E-state index contributed by atoms with van der Waals surface area (Å²) in [6, 6.07) is 13.0. The average Bonchev–Trinajstić information content (AvgIpc) is 2.96. The van der Waals surface area contributed by atoms with Gasteiger partial charge in [-0.15, -0.1) is 0 Å². The number of fused-ring (bicyclic) bond motifs is 2. The van der Waals surface area contributed by atoms with Crippen molar-refractivity contribution in [3.05, 3.63) is 70.8 Å². The van der Waals surface area contributed by atoms with Crippen LogP contribution < -0.4 is 5.32 Å². The fourth-order valence-corrected chi connectivity index (χ4v) is 3.57. The zero-order chi connectivity index (χ0) is 19.0. The SMILES string of the molecule is Cc1ccc2c(NCCc3c(C)[nH]c4ccc(F)cc34)c(C#N)cnc2c1. The van der Waals surface area contributed by atoms with Crippen LogP contribution in [0.25, 0.3) is 21.8 Å². The van der Waals surface area contributed by atoms with Crippen LogP contribution in [-0.2, 0) is 6.42 Å². The van der Waals surface area contributed by atoms with E-state index in [-0.39, 0.29) is 5.82 Å². The molecule has 2 N–H and O–H groups in total. The van der Waals surface area contributed by atoms with Crippen LogP contribution in [0.5, 0.6) is 0 Å². The lowest BCUT2D eigenvalue weighted by molar-refractivity contribution is 0.629. The molecule has 0 aliphatic carbocycles. The third-order valence-corrected chi connectivity index (χ3v) is 4.90. The Hall–Kier alpha value is -3.39. The smallest absolute Gasteiger partial charge is 0.123 e. The molecule has 0 bridgehead atoms. The second kappa shape index (κ2) is 6.73. The molecule has 0 radical (unpaired) electrons. The molecule has 0 fully saturated rings. The van der Waals surface area contributed by atoms with E-state index in [2.05, 4.69) is 21.4 Å². The summed E-state index contributed by atoms with van der Waals surface area (Å²) in [5.74, 6) is -0.238. The second-order valence-corrected chi connectivity index (χ2v) is 6.77. The molecule has 2 aromatic carbocycles. The van der Waals surface area contributed by atoms with Crippen molar-refractivity contribution in [3.8, 4) is 6.07 Å². The Balaban J connectivity index is 1.64. The Morgan fingerprint density at radius 1 is 1.15 bits per heavy atom. The molecule has 0 aliphatic rings. The molecule has 0 atom stereocenters. The molecule has 0 saturated heterocycles. The van der Waals surface area contributed by atoms with E-state index >= 15 is 0 Å². The van der Waals surface area contributed by atoms with Gasteiger partial charge < -0.3 is 10.3 Å². The molecule has 0 saturated carbocycles. The summed E-state index contributed by atoms with van der Waals surface area (Å²) in [5.41, 5.74) is 6.37. The van der Waals surface area contributed by atoms with E-state index < -0.39 is 0 Å². The number of halogens is 1. The summed E-state index contributed by atoms with van der Waals surface area (Å²) in [7, 11) is 0. The van der Waals surface area contributed by atoms with E-state index in [1.165, 1.54) is 6.07 Å². The van der Waals surface area contributed by atoms with Crippen LogP contribution >= 0.6 is 0 Å². The Kier molecular flexibility index (Phi) is 4.25. The maximum Gasteiger partial charge on any atom is 0.123 e. The number of pyridine rings is 1. The quantitative estimate of drug-likeness (QED) is 0.540. The number of H-pyrrole nitrogens is 1. The van der Waals surface area contributed by atoms with Crippen LogP contribution in [0, 0.1) is 31.0 Å². The topological polar surface area (TPSA) is 64.5 Å². The molecule has 2 heterocycles. The summed E-state index contributed by atoms with van der Waals surface area (Å²) >= 11 is 0. The Morgan fingerprint density at radius 2 is 2.00 bits per heavy atom. The van der Waals surface area contributed by atoms with Crippen LogP contribution in [0.2, 0.25) is 0 Å². The highest BCUT2D eigenvalue weighted by molar-refractivity contribution is 5.94. The molecule has 0 amide bonds. The normalized spacial score (nSPS) is 11.0. The van der Waals surface area contributed by atoms with Gasteiger partial charge in [0, 0.05) is 34.7 Å². The average molecular weight is 358 g/mol. The van der Waals surface area contributed by atoms with Gasteiger partial charge >= 0.3 is 0 Å². The minimum Gasteiger partial charge on any atom is -0.383 e. The number of aryl methyl sites for hydroxylation is 2. The van der Waals surface area contributed by atoms with Gasteiger partial charge in [0.05, 0.1) is 16.8 Å². The fourth-order valence-electron chi connectivity index (χ4n) is 3.57. The zero-order valence-electron chi connectivity index (χ0n) is 15.2. The Bertz CT molecular complexity index is 1200. The molecule has 4 aromatic rings. The lowest BCUT2D eigenvalue weighted by atomic mass is 10.1. The number of nitrogens with zero attached hydrogens (tertiary/aromatic N) is 2. The molecule has 134 valence electrons. The number of anilines is 1. The molecule has 2 aromatic heterocycles. The van der Waals surface area contributed by atoms with E-state index in [4.69, 9.17) is 0 Å². The third kappa shape index (κ3) is 3.11. The van der Waals surface area contributed by atoms with Crippen LogP contribution in [0.1, 0.15) is 22.4 Å². The van der Waals surface area contributed by atoms with Crippen LogP contribution in [0.15, 0.2) is 42.6 Å². The standard InChI is InChI=1S/C22H19FN4/c1-13-3-5-18-21(9-13)26-12-15(11-24)22(18)25-8-7-17-14(2)27-20-6-4-16(23)10-19(17)20/h3-6,9-10,12,27H,7-8H2,1-2H3,(H,25,26). The van der Waals surface area contributed by atoms with Gasteiger partial charge in [-0.2, -0.15) is 5.26 Å². The number of hydrogen-bond donors (Lipinski definition) is 2. The van der Waals surface area contributed by atoms with Gasteiger partial charge in [0.15, 0.2) is 0 Å². The van der Waals surface area contributed by atoms with Crippen molar-refractivity contribution in [2.45, 2.75) is 20.3 Å². The van der Waals surface area contributed by atoms with Crippen molar-refractivity contribution >= 4 is 27.5 Å². The molecule has 27 heavy (non-hydrogen) atoms. The first-order valence-corrected chi connectivity index (χ1v) is 8.87. The first-order chi connectivity index (χ1) is 13.1. The zero-order valence-corrected chi connectivity index (χ0v) is 15.2. The number of benzene rings is 2. The molecule has 4 nitrogen and oxygen atoms in total. The maximum absolute atomic E-state index is 13.6. The molecular weight excluding hydrogens is 339 g/mol. The van der Waals surface area contributed by atoms with E-state index in [1.54, 1.807) is 18.3 Å². The van der Waals surface area contributed by atoms with E-state index in [1.807, 2.05) is 32.0 Å². The van der Waals surface area contributed by atoms with Gasteiger partial charge in [0.2, 0.25) is 0 Å². The van der Waals surface area contributed by atoms with Crippen LogP contribution in [0.4, 0.5) is 10.1 Å². The monoisotopic (exact) mass is 358 g/mol. The van der Waals surface area contributed by atoms with E-state index in [0.717, 1.165) is 50.7 Å². The lowest BCUT2D eigenvalue weighted by Gasteiger charge is -2.12. The highest BCUT2D eigenvalue weighted by atomic mass is 19.1. The molecular formula is C22H19FN4. The summed E-state index contributed by atoms with van der Waals surface area (Å²) in [5, 5.41) is 14.7. The molecule has 5 heteroatoms. The number of aromatic amines is 1. The first-order valence-electron chi connectivity index (χ1n) is 8.87. The third-order valence-electron chi connectivity index (χ3n) is 4.90. The summed E-state index contributed by atoms with van der Waals surface area (Å²) in [4.78, 5) is 7.69. The van der Waals surface area contributed by atoms with Gasteiger partial charge in [0.25, 0.3) is 0 Å². The molecule has 0 unspecified atom stereocenters. The van der Waals surface area contributed by atoms with Gasteiger partial charge in [-0.3, -0.25) is 4.98 Å². The summed E-state index contributed by atoms with van der Waals surface area (Å²) in [6.07, 6.45) is 2.33. The van der Waals surface area contributed by atoms with Crippen molar-refractivity contribution in [1.29, 1.82) is 5.26 Å². The molecule has 4 rings (SSSR count). The number of rotatable bonds is 4. The van der Waals surface area contributed by atoms with Gasteiger partial charge in [-0.1, -0.05) is 12.1 Å². The maximum atomic E-state index is 13.6. The largest absolute Gasteiger partial charge is 0.383 e. The van der Waals surface area contributed by atoms with Gasteiger partial charge in [-0.05, 0) is 55.7 Å². The van der Waals surface area contributed by atoms with Crippen molar-refractivity contribution in [2.24, 2.45) is 0 Å². The minimum absolute atomic E-state index is 0.238. The van der Waals surface area contributed by atoms with E-state index in [0.29, 0.717) is 12.1 Å². The number of nitriles is 1. The number of nitrogens with one attached hydrogen (secondary N) is 2. The first kappa shape index (κ1) is 17.0. The van der Waals surface area contributed by atoms with Gasteiger partial charge in [-0.25, -0.2) is 4.39 Å². The van der Waals surface area contributed by atoms with Crippen LogP contribution in [-0.4, -0.2) is 16.5 Å². The second-order valence-electron chi connectivity index (χ2n) is 6.77. The van der Waals surface area contributed by atoms with Gasteiger partial charge in [0.1, 0.15) is 11.9 Å². The van der Waals surface area contributed by atoms with Crippen molar-refractivity contribution in [2.75, 3.05) is 11.9 Å². The molecule has 0 aliphatic heterocycles. The van der Waals surface area contributed by atoms with E-state index in [9.17, 15) is 9.65 Å². The summed E-state index contributed by atoms with van der Waals surface area (Å²) < 4.78 is 13.6. The number of hydrogen-bond acceptors (Lipinski definition) is 3. The Labute approximate surface area is 156 Å². The van der Waals surface area contributed by atoms with Crippen molar-refractivity contribution in [3.63, 3.8) is 0 Å². The van der Waals surface area contributed by atoms with Crippen LogP contribution in [0.3, 0.4) is 0 Å². The van der Waals surface area contributed by atoms with Crippen molar-refractivity contribution < 1.29 is 4.39 Å². The highest BCUT2D eigenvalue weighted by Crippen LogP contribution is 2.27. The fraction of sp³-hybridized carbons (Fsp3) is 0.182. The number of aromatic nitrogens is 2. The lowest BCUT2D eigenvalue weighted by Crippen LogP contribution is -2.08. The van der Waals surface area contributed by atoms with Crippen molar-refractivity contribution in [1.82, 2.24) is 9.97 Å². The summed E-state index contributed by atoms with van der Waals surface area (Å²) in [6.45, 7) is 4.65. The predicted molar refractivity (Wildman–Crippen MR) is 106 cm³/mol.